The molecule has 0 fully saturated rings. The quantitative estimate of drug-likeness (QED) is 0.780. The van der Waals surface area contributed by atoms with Gasteiger partial charge in [-0.25, -0.2) is 9.37 Å². The highest BCUT2D eigenvalue weighted by Gasteiger charge is 2.09. The minimum atomic E-state index is -0.249. The van der Waals surface area contributed by atoms with Gasteiger partial charge in [-0.2, -0.15) is 0 Å². The molecule has 0 unspecified atom stereocenters. The lowest BCUT2D eigenvalue weighted by Crippen LogP contribution is -2.07. The fourth-order valence-electron chi connectivity index (χ4n) is 2.38. The molecule has 4 heteroatoms. The molecule has 0 aliphatic heterocycles. The molecule has 3 aromatic rings. The smallest absolute Gasteiger partial charge is 0.129 e. The first-order valence-electron chi connectivity index (χ1n) is 6.71. The zero-order valence-corrected chi connectivity index (χ0v) is 11.3. The van der Waals surface area contributed by atoms with Gasteiger partial charge in [0.2, 0.25) is 0 Å². The molecule has 1 aromatic heterocycles. The predicted molar refractivity (Wildman–Crippen MR) is 79.1 cm³/mol. The van der Waals surface area contributed by atoms with Crippen molar-refractivity contribution in [2.24, 2.45) is 0 Å². The number of imidazole rings is 1. The van der Waals surface area contributed by atoms with Gasteiger partial charge < -0.3 is 9.88 Å². The number of hydrogen-bond donors (Lipinski definition) is 1. The molecule has 0 bridgehead atoms. The SMILES string of the molecule is CCn1c(CNc2ccccc2)nc2cc(F)ccc21. The van der Waals surface area contributed by atoms with E-state index in [1.165, 1.54) is 12.1 Å². The van der Waals surface area contributed by atoms with E-state index in [1.54, 1.807) is 6.07 Å². The van der Waals surface area contributed by atoms with E-state index in [0.29, 0.717) is 12.1 Å². The normalized spacial score (nSPS) is 10.9. The van der Waals surface area contributed by atoms with Crippen LogP contribution in [0.2, 0.25) is 0 Å². The summed E-state index contributed by atoms with van der Waals surface area (Å²) in [4.78, 5) is 4.52. The Morgan fingerprint density at radius 3 is 2.70 bits per heavy atom. The van der Waals surface area contributed by atoms with Gasteiger partial charge in [0.25, 0.3) is 0 Å². The van der Waals surface area contributed by atoms with Gasteiger partial charge in [0, 0.05) is 18.3 Å². The summed E-state index contributed by atoms with van der Waals surface area (Å²) in [6.07, 6.45) is 0. The maximum Gasteiger partial charge on any atom is 0.129 e. The van der Waals surface area contributed by atoms with Crippen LogP contribution in [0, 0.1) is 5.82 Å². The molecule has 0 aliphatic rings. The van der Waals surface area contributed by atoms with Crippen LogP contribution >= 0.6 is 0 Å². The van der Waals surface area contributed by atoms with Crippen molar-refractivity contribution in [1.29, 1.82) is 0 Å². The molecule has 0 radical (unpaired) electrons. The standard InChI is InChI=1S/C16H16FN3/c1-2-20-15-9-8-12(17)10-14(15)19-16(20)11-18-13-6-4-3-5-7-13/h3-10,18H,2,11H2,1H3. The van der Waals surface area contributed by atoms with Crippen LogP contribution in [-0.4, -0.2) is 9.55 Å². The number of rotatable bonds is 4. The largest absolute Gasteiger partial charge is 0.378 e. The number of fused-ring (bicyclic) bond motifs is 1. The molecule has 0 aliphatic carbocycles. The molecule has 0 spiro atoms. The van der Waals surface area contributed by atoms with E-state index in [0.717, 1.165) is 23.6 Å². The number of aromatic nitrogens is 2. The molecule has 0 atom stereocenters. The average Bonchev–Trinajstić information content (AvgIpc) is 2.82. The minimum Gasteiger partial charge on any atom is -0.378 e. The highest BCUT2D eigenvalue weighted by molar-refractivity contribution is 5.76. The Bertz CT molecular complexity index is 719. The second-order valence-electron chi connectivity index (χ2n) is 4.62. The molecule has 102 valence electrons. The molecular formula is C16H16FN3. The Hall–Kier alpha value is -2.36. The van der Waals surface area contributed by atoms with Crippen LogP contribution in [0.3, 0.4) is 0 Å². The van der Waals surface area contributed by atoms with Crippen molar-refractivity contribution in [3.63, 3.8) is 0 Å². The fourth-order valence-corrected chi connectivity index (χ4v) is 2.38. The van der Waals surface area contributed by atoms with Gasteiger partial charge in [-0.05, 0) is 31.2 Å². The average molecular weight is 269 g/mol. The number of benzene rings is 2. The highest BCUT2D eigenvalue weighted by Crippen LogP contribution is 2.18. The third-order valence-electron chi connectivity index (χ3n) is 3.33. The summed E-state index contributed by atoms with van der Waals surface area (Å²) in [5.74, 6) is 0.665. The van der Waals surface area contributed by atoms with Gasteiger partial charge in [-0.1, -0.05) is 18.2 Å². The van der Waals surface area contributed by atoms with Crippen LogP contribution in [0.25, 0.3) is 11.0 Å². The van der Waals surface area contributed by atoms with Crippen molar-refractivity contribution < 1.29 is 4.39 Å². The lowest BCUT2D eigenvalue weighted by molar-refractivity contribution is 0.629. The van der Waals surface area contributed by atoms with E-state index in [1.807, 2.05) is 30.3 Å². The third kappa shape index (κ3) is 2.37. The Kier molecular flexibility index (Phi) is 3.37. The summed E-state index contributed by atoms with van der Waals surface area (Å²) in [5.41, 5.74) is 2.73. The summed E-state index contributed by atoms with van der Waals surface area (Å²) in [7, 11) is 0. The van der Waals surface area contributed by atoms with Gasteiger partial charge >= 0.3 is 0 Å². The number of halogens is 1. The van der Waals surface area contributed by atoms with Crippen molar-refractivity contribution in [1.82, 2.24) is 9.55 Å². The Morgan fingerprint density at radius 1 is 1.15 bits per heavy atom. The Labute approximate surface area is 117 Å². The maximum absolute atomic E-state index is 13.3. The van der Waals surface area contributed by atoms with Crippen molar-refractivity contribution in [3.8, 4) is 0 Å². The molecule has 0 saturated carbocycles. The van der Waals surface area contributed by atoms with Gasteiger partial charge in [0.15, 0.2) is 0 Å². The molecule has 0 amide bonds. The van der Waals surface area contributed by atoms with E-state index in [-0.39, 0.29) is 5.82 Å². The van der Waals surface area contributed by atoms with Crippen molar-refractivity contribution in [3.05, 3.63) is 60.2 Å². The Balaban J connectivity index is 1.91. The number of hydrogen-bond acceptors (Lipinski definition) is 2. The molecule has 1 N–H and O–H groups in total. The van der Waals surface area contributed by atoms with Gasteiger partial charge in [0.05, 0.1) is 17.6 Å². The first-order chi connectivity index (χ1) is 9.78. The molecule has 20 heavy (non-hydrogen) atoms. The lowest BCUT2D eigenvalue weighted by Gasteiger charge is -2.08. The number of para-hydroxylation sites is 1. The molecule has 3 rings (SSSR count). The molecule has 2 aromatic carbocycles. The first kappa shape index (κ1) is 12.7. The monoisotopic (exact) mass is 269 g/mol. The van der Waals surface area contributed by atoms with Crippen molar-refractivity contribution >= 4 is 16.7 Å². The topological polar surface area (TPSA) is 29.9 Å². The minimum absolute atomic E-state index is 0.249. The second kappa shape index (κ2) is 5.33. The van der Waals surface area contributed by atoms with Crippen molar-refractivity contribution in [2.45, 2.75) is 20.0 Å². The predicted octanol–water partition coefficient (Wildman–Crippen LogP) is 3.81. The maximum atomic E-state index is 13.3. The second-order valence-corrected chi connectivity index (χ2v) is 4.62. The van der Waals surface area contributed by atoms with Crippen LogP contribution in [0.4, 0.5) is 10.1 Å². The van der Waals surface area contributed by atoms with E-state index in [2.05, 4.69) is 21.8 Å². The van der Waals surface area contributed by atoms with Gasteiger partial charge in [0.1, 0.15) is 11.6 Å². The summed E-state index contributed by atoms with van der Waals surface area (Å²) in [5, 5.41) is 3.33. The van der Waals surface area contributed by atoms with Crippen LogP contribution < -0.4 is 5.32 Å². The van der Waals surface area contributed by atoms with Crippen molar-refractivity contribution in [2.75, 3.05) is 5.32 Å². The fraction of sp³-hybridized carbons (Fsp3) is 0.188. The summed E-state index contributed by atoms with van der Waals surface area (Å²) >= 11 is 0. The van der Waals surface area contributed by atoms with E-state index in [4.69, 9.17) is 0 Å². The number of anilines is 1. The van der Waals surface area contributed by atoms with Crippen LogP contribution in [0.5, 0.6) is 0 Å². The van der Waals surface area contributed by atoms with Gasteiger partial charge in [-0.15, -0.1) is 0 Å². The molecule has 1 heterocycles. The van der Waals surface area contributed by atoms with E-state index >= 15 is 0 Å². The van der Waals surface area contributed by atoms with Crippen LogP contribution in [0.15, 0.2) is 48.5 Å². The number of nitrogens with zero attached hydrogens (tertiary/aromatic N) is 2. The molecule has 0 saturated heterocycles. The summed E-state index contributed by atoms with van der Waals surface area (Å²) < 4.78 is 15.4. The van der Waals surface area contributed by atoms with E-state index in [9.17, 15) is 4.39 Å². The summed E-state index contributed by atoms with van der Waals surface area (Å²) in [6.45, 7) is 3.50. The summed E-state index contributed by atoms with van der Waals surface area (Å²) in [6, 6.07) is 14.7. The molecule has 3 nitrogen and oxygen atoms in total. The Morgan fingerprint density at radius 2 is 1.95 bits per heavy atom. The first-order valence-corrected chi connectivity index (χ1v) is 6.71. The lowest BCUT2D eigenvalue weighted by atomic mass is 10.3. The number of nitrogens with one attached hydrogen (secondary N) is 1. The third-order valence-corrected chi connectivity index (χ3v) is 3.33. The van der Waals surface area contributed by atoms with E-state index < -0.39 is 0 Å². The molecular weight excluding hydrogens is 253 g/mol. The van der Waals surface area contributed by atoms with Crippen LogP contribution in [-0.2, 0) is 13.1 Å². The zero-order chi connectivity index (χ0) is 13.9. The number of aryl methyl sites for hydroxylation is 1. The van der Waals surface area contributed by atoms with Crippen LogP contribution in [0.1, 0.15) is 12.7 Å². The highest BCUT2D eigenvalue weighted by atomic mass is 19.1. The zero-order valence-electron chi connectivity index (χ0n) is 11.3. The van der Waals surface area contributed by atoms with Gasteiger partial charge in [-0.3, -0.25) is 0 Å².